The summed E-state index contributed by atoms with van der Waals surface area (Å²) in [5.74, 6) is -1.26. The quantitative estimate of drug-likeness (QED) is 0.213. The lowest BCUT2D eigenvalue weighted by atomic mass is 10.0. The molecule has 0 aliphatic carbocycles. The Balaban J connectivity index is 0.983. The second-order valence-corrected chi connectivity index (χ2v) is 10.8. The number of hydrogen-bond acceptors (Lipinski definition) is 5. The highest BCUT2D eigenvalue weighted by Gasteiger charge is 2.39. The van der Waals surface area contributed by atoms with Gasteiger partial charge in [0.1, 0.15) is 6.04 Å². The van der Waals surface area contributed by atoms with E-state index < -0.39 is 11.9 Å². The van der Waals surface area contributed by atoms with Crippen LogP contribution in [0.15, 0.2) is 84.9 Å². The van der Waals surface area contributed by atoms with Gasteiger partial charge >= 0.3 is 0 Å². The third kappa shape index (κ3) is 5.80. The molecular formula is C34H32N4O4. The molecule has 3 N–H and O–H groups in total. The molecule has 0 saturated carbocycles. The smallest absolute Gasteiger partial charge is 0.255 e. The van der Waals surface area contributed by atoms with Crippen molar-refractivity contribution >= 4 is 34.4 Å². The molecule has 2 aliphatic rings. The molecule has 0 bridgehead atoms. The lowest BCUT2D eigenvalue weighted by Gasteiger charge is -2.29. The fourth-order valence-electron chi connectivity index (χ4n) is 5.74. The molecule has 8 nitrogen and oxygen atoms in total. The number of rotatable bonds is 9. The molecule has 42 heavy (non-hydrogen) atoms. The number of nitrogens with zero attached hydrogens (tertiary/aromatic N) is 1. The number of amides is 4. The molecule has 4 aromatic carbocycles. The number of imide groups is 1. The number of benzene rings is 4. The highest BCUT2D eigenvalue weighted by Crippen LogP contribution is 2.28. The molecule has 0 spiro atoms. The van der Waals surface area contributed by atoms with Gasteiger partial charge in [0.15, 0.2) is 0 Å². The van der Waals surface area contributed by atoms with E-state index in [0.717, 1.165) is 25.1 Å². The van der Waals surface area contributed by atoms with Crippen molar-refractivity contribution in [1.29, 1.82) is 0 Å². The van der Waals surface area contributed by atoms with E-state index in [9.17, 15) is 19.2 Å². The van der Waals surface area contributed by atoms with E-state index in [1.807, 2.05) is 12.1 Å². The van der Waals surface area contributed by atoms with E-state index in [4.69, 9.17) is 0 Å². The third-order valence-electron chi connectivity index (χ3n) is 8.04. The molecule has 212 valence electrons. The summed E-state index contributed by atoms with van der Waals surface area (Å²) in [4.78, 5) is 51.0. The SMILES string of the molecule is O=C1CCC(N2Cc3cc(C(=O)NCc4ccc(CNCCc5cccc6ccccc56)cc4)ccc3C2=O)C(=O)N1. The van der Waals surface area contributed by atoms with Crippen LogP contribution in [0.25, 0.3) is 10.8 Å². The Morgan fingerprint density at radius 1 is 0.881 bits per heavy atom. The highest BCUT2D eigenvalue weighted by atomic mass is 16.2. The molecule has 8 heteroatoms. The normalized spacial score (nSPS) is 16.4. The molecule has 0 aromatic heterocycles. The minimum Gasteiger partial charge on any atom is -0.348 e. The largest absolute Gasteiger partial charge is 0.348 e. The van der Waals surface area contributed by atoms with Gasteiger partial charge < -0.3 is 15.5 Å². The maximum Gasteiger partial charge on any atom is 0.255 e. The summed E-state index contributed by atoms with van der Waals surface area (Å²) in [5, 5.41) is 11.3. The Morgan fingerprint density at radius 2 is 1.64 bits per heavy atom. The van der Waals surface area contributed by atoms with Gasteiger partial charge in [0.25, 0.3) is 11.8 Å². The Morgan fingerprint density at radius 3 is 2.45 bits per heavy atom. The van der Waals surface area contributed by atoms with Crippen LogP contribution < -0.4 is 16.0 Å². The van der Waals surface area contributed by atoms with E-state index in [1.54, 1.807) is 18.2 Å². The highest BCUT2D eigenvalue weighted by molar-refractivity contribution is 6.06. The van der Waals surface area contributed by atoms with E-state index >= 15 is 0 Å². The van der Waals surface area contributed by atoms with Gasteiger partial charge in [-0.2, -0.15) is 0 Å². The topological polar surface area (TPSA) is 108 Å². The van der Waals surface area contributed by atoms with Gasteiger partial charge in [-0.3, -0.25) is 24.5 Å². The number of piperidine rings is 1. The van der Waals surface area contributed by atoms with Crippen molar-refractivity contribution in [3.63, 3.8) is 0 Å². The van der Waals surface area contributed by atoms with Crippen molar-refractivity contribution in [2.75, 3.05) is 6.54 Å². The van der Waals surface area contributed by atoms with Gasteiger partial charge in [-0.05, 0) is 70.6 Å². The minimum atomic E-state index is -0.678. The van der Waals surface area contributed by atoms with Gasteiger partial charge in [-0.15, -0.1) is 0 Å². The predicted molar refractivity (Wildman–Crippen MR) is 159 cm³/mol. The monoisotopic (exact) mass is 560 g/mol. The summed E-state index contributed by atoms with van der Waals surface area (Å²) in [6.45, 7) is 2.26. The maximum atomic E-state index is 12.9. The van der Waals surface area contributed by atoms with E-state index in [0.29, 0.717) is 29.7 Å². The van der Waals surface area contributed by atoms with Crippen molar-refractivity contribution in [3.8, 4) is 0 Å². The lowest BCUT2D eigenvalue weighted by Crippen LogP contribution is -2.52. The third-order valence-corrected chi connectivity index (χ3v) is 8.04. The van der Waals surface area contributed by atoms with Crippen LogP contribution in [0.1, 0.15) is 55.8 Å². The first-order chi connectivity index (χ1) is 20.5. The molecule has 1 unspecified atom stereocenters. The number of carbonyl (C=O) groups excluding carboxylic acids is 4. The summed E-state index contributed by atoms with van der Waals surface area (Å²) in [6.07, 6.45) is 1.46. The van der Waals surface area contributed by atoms with Crippen LogP contribution in [0.2, 0.25) is 0 Å². The van der Waals surface area contributed by atoms with Crippen LogP contribution in [0.5, 0.6) is 0 Å². The summed E-state index contributed by atoms with van der Waals surface area (Å²) in [6, 6.07) is 27.4. The van der Waals surface area contributed by atoms with Gasteiger partial charge in [0.05, 0.1) is 0 Å². The molecule has 1 saturated heterocycles. The van der Waals surface area contributed by atoms with Crippen LogP contribution in [0.4, 0.5) is 0 Å². The number of nitrogens with one attached hydrogen (secondary N) is 3. The van der Waals surface area contributed by atoms with Gasteiger partial charge in [0.2, 0.25) is 11.8 Å². The maximum absolute atomic E-state index is 12.9. The van der Waals surface area contributed by atoms with Gasteiger partial charge in [-0.25, -0.2) is 0 Å². The lowest BCUT2D eigenvalue weighted by molar-refractivity contribution is -0.136. The average Bonchev–Trinajstić information content (AvgIpc) is 3.33. The first-order valence-corrected chi connectivity index (χ1v) is 14.3. The molecular weight excluding hydrogens is 528 g/mol. The minimum absolute atomic E-state index is 0.202. The fourth-order valence-corrected chi connectivity index (χ4v) is 5.74. The summed E-state index contributed by atoms with van der Waals surface area (Å²) < 4.78 is 0. The molecule has 2 aliphatic heterocycles. The summed E-state index contributed by atoms with van der Waals surface area (Å²) >= 11 is 0. The number of hydrogen-bond donors (Lipinski definition) is 3. The van der Waals surface area contributed by atoms with Crippen LogP contribution in [0.3, 0.4) is 0 Å². The second kappa shape index (κ2) is 12.0. The van der Waals surface area contributed by atoms with Crippen LogP contribution in [-0.4, -0.2) is 41.1 Å². The first-order valence-electron chi connectivity index (χ1n) is 14.3. The first kappa shape index (κ1) is 27.4. The summed E-state index contributed by atoms with van der Waals surface area (Å²) in [7, 11) is 0. The number of carbonyl (C=O) groups is 4. The zero-order valence-electron chi connectivity index (χ0n) is 23.2. The van der Waals surface area contributed by atoms with Crippen molar-refractivity contribution in [1.82, 2.24) is 20.9 Å². The fraction of sp³-hybridized carbons (Fsp3) is 0.235. The van der Waals surface area contributed by atoms with E-state index in [-0.39, 0.29) is 30.7 Å². The van der Waals surface area contributed by atoms with Crippen LogP contribution in [0, 0.1) is 0 Å². The molecule has 4 aromatic rings. The van der Waals surface area contributed by atoms with E-state index in [2.05, 4.69) is 70.5 Å². The van der Waals surface area contributed by atoms with Crippen molar-refractivity contribution in [2.45, 2.75) is 44.9 Å². The van der Waals surface area contributed by atoms with Crippen LogP contribution >= 0.6 is 0 Å². The predicted octanol–water partition coefficient (Wildman–Crippen LogP) is 3.86. The molecule has 1 atom stereocenters. The zero-order chi connectivity index (χ0) is 29.1. The van der Waals surface area contributed by atoms with Crippen molar-refractivity contribution < 1.29 is 19.2 Å². The molecule has 2 heterocycles. The number of fused-ring (bicyclic) bond motifs is 2. The van der Waals surface area contributed by atoms with Crippen molar-refractivity contribution in [2.24, 2.45) is 0 Å². The Labute approximate surface area is 244 Å². The van der Waals surface area contributed by atoms with Gasteiger partial charge in [-0.1, -0.05) is 66.7 Å². The average molecular weight is 561 g/mol. The van der Waals surface area contributed by atoms with Crippen molar-refractivity contribution in [3.05, 3.63) is 118 Å². The summed E-state index contributed by atoms with van der Waals surface area (Å²) in [5.41, 5.74) is 5.15. The molecule has 1 fully saturated rings. The Kier molecular flexibility index (Phi) is 7.79. The second-order valence-electron chi connectivity index (χ2n) is 10.8. The van der Waals surface area contributed by atoms with E-state index in [1.165, 1.54) is 26.8 Å². The molecule has 4 amide bonds. The Hall–Kier alpha value is -4.82. The molecule has 6 rings (SSSR count). The molecule has 0 radical (unpaired) electrons. The van der Waals surface area contributed by atoms with Crippen LogP contribution in [-0.2, 0) is 35.6 Å². The van der Waals surface area contributed by atoms with Gasteiger partial charge in [0, 0.05) is 37.2 Å². The zero-order valence-corrected chi connectivity index (χ0v) is 23.2. The Bertz CT molecular complexity index is 1680. The standard InChI is InChI=1S/C34H32N4O4/c39-31-15-14-30(33(41)37-31)38-21-27-18-26(12-13-29(27)34(38)42)32(40)36-20-23-10-8-22(9-11-23)19-35-17-16-25-6-3-5-24-4-1-2-7-28(24)25/h1-13,18,30,35H,14-17,19-21H2,(H,36,40)(H,37,39,41).